The van der Waals surface area contributed by atoms with E-state index in [-0.39, 0.29) is 26.2 Å². The fourth-order valence-corrected chi connectivity index (χ4v) is 6.18. The molecule has 9 heteroatoms. The topological polar surface area (TPSA) is 91.3 Å². The maximum Gasteiger partial charge on any atom is 0.472 e. The molecule has 0 saturated carbocycles. The summed E-state index contributed by atoms with van der Waals surface area (Å²) >= 11 is 0. The van der Waals surface area contributed by atoms with Crippen LogP contribution >= 0.6 is 7.82 Å². The molecule has 2 unspecified atom stereocenters. The molecule has 0 heterocycles. The molecule has 0 rings (SSSR count). The Morgan fingerprint density at radius 1 is 0.564 bits per heavy atom. The fraction of sp³-hybridized carbons (Fsp3) is 0.717. The lowest BCUT2D eigenvalue weighted by Gasteiger charge is -2.24. The molecule has 0 aromatic carbocycles. The van der Waals surface area contributed by atoms with Crippen molar-refractivity contribution in [1.29, 1.82) is 0 Å². The van der Waals surface area contributed by atoms with Gasteiger partial charge in [0.25, 0.3) is 0 Å². The largest absolute Gasteiger partial charge is 0.472 e. The lowest BCUT2D eigenvalue weighted by Crippen LogP contribution is -2.37. The number of quaternary nitrogens is 1. The molecule has 0 radical (unpaired) electrons. The molecule has 8 nitrogen and oxygen atoms in total. The molecule has 2 atom stereocenters. The minimum absolute atomic E-state index is 0.0721. The molecule has 0 bridgehead atoms. The van der Waals surface area contributed by atoms with Crippen molar-refractivity contribution in [3.63, 3.8) is 0 Å². The number of hydrogen-bond donors (Lipinski definition) is 1. The number of allylic oxidation sites excluding steroid dienone is 12. The lowest BCUT2D eigenvalue weighted by atomic mass is 10.0. The number of nitrogens with zero attached hydrogens (tertiary/aromatic N) is 1. The van der Waals surface area contributed by atoms with Crippen LogP contribution in [0.25, 0.3) is 0 Å². The van der Waals surface area contributed by atoms with Crippen LogP contribution in [0, 0.1) is 0 Å². The Kier molecular flexibility index (Phi) is 37.3. The van der Waals surface area contributed by atoms with Crippen LogP contribution in [0.5, 0.6) is 0 Å². The molecule has 0 aliphatic carbocycles. The number of phosphoric ester groups is 1. The summed E-state index contributed by atoms with van der Waals surface area (Å²) in [4.78, 5) is 22.8. The molecule has 0 aromatic rings. The van der Waals surface area contributed by atoms with Crippen LogP contribution < -0.4 is 0 Å². The van der Waals surface area contributed by atoms with E-state index in [1.165, 1.54) is 83.5 Å². The van der Waals surface area contributed by atoms with Crippen molar-refractivity contribution in [3.8, 4) is 0 Å². The molecular weight excluding hydrogens is 709 g/mol. The highest BCUT2D eigenvalue weighted by molar-refractivity contribution is 7.47. The van der Waals surface area contributed by atoms with E-state index in [9.17, 15) is 14.3 Å². The second-order valence-corrected chi connectivity index (χ2v) is 16.9. The maximum atomic E-state index is 12.6. The summed E-state index contributed by atoms with van der Waals surface area (Å²) < 4.78 is 34.9. The number of carbonyl (C=O) groups is 1. The molecule has 0 aromatic heterocycles. The van der Waals surface area contributed by atoms with Gasteiger partial charge < -0.3 is 18.9 Å². The Balaban J connectivity index is 4.39. The van der Waals surface area contributed by atoms with Gasteiger partial charge in [0.15, 0.2) is 0 Å². The molecule has 0 spiro atoms. The van der Waals surface area contributed by atoms with Crippen molar-refractivity contribution in [2.45, 2.75) is 161 Å². The summed E-state index contributed by atoms with van der Waals surface area (Å²) in [7, 11) is 1.61. The van der Waals surface area contributed by atoms with E-state index in [1.54, 1.807) is 0 Å². The summed E-state index contributed by atoms with van der Waals surface area (Å²) in [5.41, 5.74) is 0. The van der Waals surface area contributed by atoms with E-state index in [1.807, 2.05) is 39.4 Å². The van der Waals surface area contributed by atoms with Crippen molar-refractivity contribution in [3.05, 3.63) is 72.9 Å². The van der Waals surface area contributed by atoms with Gasteiger partial charge in [-0.25, -0.2) is 4.57 Å². The maximum absolute atomic E-state index is 12.6. The van der Waals surface area contributed by atoms with E-state index < -0.39 is 19.9 Å². The third kappa shape index (κ3) is 42.9. The van der Waals surface area contributed by atoms with Gasteiger partial charge in [0.05, 0.1) is 34.4 Å². The highest BCUT2D eigenvalue weighted by atomic mass is 31.2. The zero-order valence-corrected chi connectivity index (χ0v) is 36.8. The summed E-state index contributed by atoms with van der Waals surface area (Å²) in [6, 6.07) is 0. The van der Waals surface area contributed by atoms with Gasteiger partial charge in [-0.1, -0.05) is 177 Å². The standard InChI is InChI=1S/C46H82NO7P/c1-6-8-10-12-14-16-18-20-22-23-24-25-26-27-29-31-33-35-37-39-46(48)54-45(44-53-55(49,50)52-42-40-47(3,4)5)43-51-41-38-36-34-32-30-28-21-19-17-15-13-11-9-7-2/h10,12,14,16,18,20,24-25,29,31,33,35,45H,6-9,11,13,15,17,19,21-23,26-28,30,32,34,36-44H2,1-5H3/p+1/b12-10+,16-14+,20-18+,25-24+,31-29+,35-33+. The van der Waals surface area contributed by atoms with Gasteiger partial charge in [-0.15, -0.1) is 0 Å². The number of hydrogen-bond acceptors (Lipinski definition) is 6. The fourth-order valence-electron chi connectivity index (χ4n) is 5.43. The van der Waals surface area contributed by atoms with E-state index in [4.69, 9.17) is 18.5 Å². The quantitative estimate of drug-likeness (QED) is 0.0165. The van der Waals surface area contributed by atoms with Gasteiger partial charge in [-0.3, -0.25) is 13.8 Å². The first kappa shape index (κ1) is 52.9. The average Bonchev–Trinajstić information content (AvgIpc) is 3.13. The summed E-state index contributed by atoms with van der Waals surface area (Å²) in [6.07, 6.45) is 49.5. The first-order chi connectivity index (χ1) is 26.6. The van der Waals surface area contributed by atoms with Crippen LogP contribution in [-0.4, -0.2) is 75.6 Å². The Morgan fingerprint density at radius 3 is 1.56 bits per heavy atom. The van der Waals surface area contributed by atoms with Crippen LogP contribution in [0.15, 0.2) is 72.9 Å². The third-order valence-corrected chi connectivity index (χ3v) is 9.79. The van der Waals surface area contributed by atoms with Crippen molar-refractivity contribution in [1.82, 2.24) is 0 Å². The first-order valence-corrected chi connectivity index (χ1v) is 23.2. The van der Waals surface area contributed by atoms with Crippen LogP contribution in [0.3, 0.4) is 0 Å². The van der Waals surface area contributed by atoms with Gasteiger partial charge in [0.1, 0.15) is 19.3 Å². The van der Waals surface area contributed by atoms with Crippen LogP contribution in [0.4, 0.5) is 0 Å². The Hall–Kier alpha value is -2.06. The molecule has 318 valence electrons. The zero-order valence-electron chi connectivity index (χ0n) is 35.9. The van der Waals surface area contributed by atoms with Gasteiger partial charge in [0.2, 0.25) is 0 Å². The molecule has 0 aliphatic heterocycles. The number of unbranched alkanes of at least 4 members (excludes halogenated alkanes) is 16. The number of phosphoric acid groups is 1. The van der Waals surface area contributed by atoms with Crippen LogP contribution in [0.2, 0.25) is 0 Å². The smallest absolute Gasteiger partial charge is 0.457 e. The van der Waals surface area contributed by atoms with Crippen molar-refractivity contribution in [2.75, 3.05) is 54.1 Å². The normalized spacial score (nSPS) is 14.5. The zero-order chi connectivity index (χ0) is 40.6. The molecule has 55 heavy (non-hydrogen) atoms. The molecule has 0 fully saturated rings. The highest BCUT2D eigenvalue weighted by Gasteiger charge is 2.26. The summed E-state index contributed by atoms with van der Waals surface area (Å²) in [5.74, 6) is -0.402. The molecule has 0 saturated heterocycles. The van der Waals surface area contributed by atoms with Gasteiger partial charge in [-0.05, 0) is 44.9 Å². The van der Waals surface area contributed by atoms with E-state index in [0.717, 1.165) is 44.9 Å². The SMILES string of the molecule is CCC/C=C/C=C/C=C/CC/C=C/CC/C=C/C=C/CCC(=O)OC(COCCCCCCCCCCCCCCCC)COP(=O)(O)OCC[N+](C)(C)C. The summed E-state index contributed by atoms with van der Waals surface area (Å²) in [5, 5.41) is 0. The second-order valence-electron chi connectivity index (χ2n) is 15.4. The number of rotatable bonds is 39. The predicted molar refractivity (Wildman–Crippen MR) is 233 cm³/mol. The van der Waals surface area contributed by atoms with Crippen LogP contribution in [0.1, 0.15) is 155 Å². The monoisotopic (exact) mass is 793 g/mol. The van der Waals surface area contributed by atoms with Gasteiger partial charge in [-0.2, -0.15) is 0 Å². The second kappa shape index (κ2) is 38.8. The average molecular weight is 793 g/mol. The number of esters is 1. The van der Waals surface area contributed by atoms with E-state index in [2.05, 4.69) is 68.5 Å². The lowest BCUT2D eigenvalue weighted by molar-refractivity contribution is -0.870. The van der Waals surface area contributed by atoms with Crippen molar-refractivity contribution < 1.29 is 37.3 Å². The predicted octanol–water partition coefficient (Wildman–Crippen LogP) is 12.7. The molecule has 0 aliphatic rings. The molecule has 1 N–H and O–H groups in total. The number of carbonyl (C=O) groups excluding carboxylic acids is 1. The molecular formula is C46H83NO7P+. The van der Waals surface area contributed by atoms with Gasteiger partial charge in [0, 0.05) is 13.0 Å². The van der Waals surface area contributed by atoms with E-state index in [0.29, 0.717) is 24.1 Å². The first-order valence-electron chi connectivity index (χ1n) is 21.7. The number of ether oxygens (including phenoxy) is 2. The van der Waals surface area contributed by atoms with Crippen LogP contribution in [-0.2, 0) is 27.9 Å². The molecule has 0 amide bonds. The van der Waals surface area contributed by atoms with Gasteiger partial charge >= 0.3 is 13.8 Å². The minimum atomic E-state index is -4.30. The Bertz CT molecular complexity index is 1110. The highest BCUT2D eigenvalue weighted by Crippen LogP contribution is 2.43. The summed E-state index contributed by atoms with van der Waals surface area (Å²) in [6.45, 7) is 5.42. The van der Waals surface area contributed by atoms with Crippen molar-refractivity contribution in [2.24, 2.45) is 0 Å². The number of likely N-dealkylation sites (N-methyl/N-ethyl adjacent to an activating group) is 1. The third-order valence-electron chi connectivity index (χ3n) is 8.81. The van der Waals surface area contributed by atoms with E-state index >= 15 is 0 Å². The Labute approximate surface area is 338 Å². The van der Waals surface area contributed by atoms with Crippen molar-refractivity contribution >= 4 is 13.8 Å². The minimum Gasteiger partial charge on any atom is -0.457 e. The Morgan fingerprint density at radius 2 is 1.04 bits per heavy atom.